The molecule has 0 atom stereocenters. The third-order valence-electron chi connectivity index (χ3n) is 2.94. The van der Waals surface area contributed by atoms with Crippen molar-refractivity contribution in [2.75, 3.05) is 30.3 Å². The van der Waals surface area contributed by atoms with Gasteiger partial charge in [-0.25, -0.2) is 12.8 Å². The quantitative estimate of drug-likeness (QED) is 0.791. The Morgan fingerprint density at radius 2 is 1.94 bits per heavy atom. The molecule has 2 rings (SSSR count). The van der Waals surface area contributed by atoms with Crippen molar-refractivity contribution in [2.24, 2.45) is 0 Å². The van der Waals surface area contributed by atoms with Crippen molar-refractivity contribution in [3.63, 3.8) is 0 Å². The standard InChI is InChI=1S/C11H15FN2O2S/c12-10-1-2-11(13)9(7-10)8-14-3-5-17(15,16)6-4-14/h1-2,7H,3-6,8,13H2. The highest BCUT2D eigenvalue weighted by atomic mass is 32.2. The maximum Gasteiger partial charge on any atom is 0.152 e. The van der Waals surface area contributed by atoms with Crippen LogP contribution in [-0.4, -0.2) is 37.9 Å². The van der Waals surface area contributed by atoms with Crippen molar-refractivity contribution in [3.8, 4) is 0 Å². The van der Waals surface area contributed by atoms with E-state index in [0.717, 1.165) is 0 Å². The zero-order chi connectivity index (χ0) is 12.5. The van der Waals surface area contributed by atoms with E-state index >= 15 is 0 Å². The van der Waals surface area contributed by atoms with E-state index < -0.39 is 9.84 Å². The summed E-state index contributed by atoms with van der Waals surface area (Å²) in [5.74, 6) is 0.0172. The largest absolute Gasteiger partial charge is 0.398 e. The molecule has 0 spiro atoms. The number of hydrogen-bond donors (Lipinski definition) is 1. The van der Waals surface area contributed by atoms with Gasteiger partial charge in [-0.15, -0.1) is 0 Å². The number of rotatable bonds is 2. The normalized spacial score (nSPS) is 20.3. The minimum atomic E-state index is -2.87. The van der Waals surface area contributed by atoms with Gasteiger partial charge in [0.2, 0.25) is 0 Å². The van der Waals surface area contributed by atoms with Gasteiger partial charge in [-0.05, 0) is 23.8 Å². The lowest BCUT2D eigenvalue weighted by Gasteiger charge is -2.26. The Kier molecular flexibility index (Phi) is 3.35. The molecule has 0 saturated carbocycles. The molecule has 0 radical (unpaired) electrons. The highest BCUT2D eigenvalue weighted by Gasteiger charge is 2.21. The van der Waals surface area contributed by atoms with Crippen LogP contribution in [0.15, 0.2) is 18.2 Å². The van der Waals surface area contributed by atoms with E-state index in [1.54, 1.807) is 0 Å². The summed E-state index contributed by atoms with van der Waals surface area (Å²) >= 11 is 0. The molecule has 0 bridgehead atoms. The van der Waals surface area contributed by atoms with Gasteiger partial charge in [0.15, 0.2) is 9.84 Å². The van der Waals surface area contributed by atoms with Gasteiger partial charge in [0.05, 0.1) is 11.5 Å². The Hall–Kier alpha value is -1.14. The predicted molar refractivity (Wildman–Crippen MR) is 64.7 cm³/mol. The van der Waals surface area contributed by atoms with Crippen LogP contribution in [0.4, 0.5) is 10.1 Å². The average Bonchev–Trinajstić information content (AvgIpc) is 2.26. The first-order valence-electron chi connectivity index (χ1n) is 5.43. The van der Waals surface area contributed by atoms with Crippen LogP contribution in [0.3, 0.4) is 0 Å². The Labute approximate surface area is 100 Å². The summed E-state index contributed by atoms with van der Waals surface area (Å²) in [6.07, 6.45) is 0. The maximum absolute atomic E-state index is 13.1. The summed E-state index contributed by atoms with van der Waals surface area (Å²) in [4.78, 5) is 1.98. The number of benzene rings is 1. The molecule has 1 aliphatic heterocycles. The Balaban J connectivity index is 2.05. The fraction of sp³-hybridized carbons (Fsp3) is 0.455. The highest BCUT2D eigenvalue weighted by molar-refractivity contribution is 7.91. The molecule has 1 saturated heterocycles. The number of nitrogens with zero attached hydrogens (tertiary/aromatic N) is 1. The fourth-order valence-electron chi connectivity index (χ4n) is 1.86. The third kappa shape index (κ3) is 3.17. The van der Waals surface area contributed by atoms with Crippen molar-refractivity contribution in [3.05, 3.63) is 29.6 Å². The molecule has 17 heavy (non-hydrogen) atoms. The number of nitrogen functional groups attached to an aromatic ring is 1. The van der Waals surface area contributed by atoms with Gasteiger partial charge in [-0.3, -0.25) is 4.90 Å². The van der Waals surface area contributed by atoms with E-state index in [1.165, 1.54) is 18.2 Å². The van der Waals surface area contributed by atoms with E-state index in [4.69, 9.17) is 5.73 Å². The molecule has 6 heteroatoms. The Morgan fingerprint density at radius 3 is 2.59 bits per heavy atom. The summed E-state index contributed by atoms with van der Waals surface area (Å²) < 4.78 is 35.6. The lowest BCUT2D eigenvalue weighted by atomic mass is 10.1. The molecule has 1 fully saturated rings. The van der Waals surface area contributed by atoms with Crippen molar-refractivity contribution in [1.82, 2.24) is 4.90 Å². The van der Waals surface area contributed by atoms with Crippen molar-refractivity contribution >= 4 is 15.5 Å². The van der Waals surface area contributed by atoms with Crippen LogP contribution >= 0.6 is 0 Å². The molecule has 0 amide bonds. The second kappa shape index (κ2) is 4.62. The van der Waals surface area contributed by atoms with Gasteiger partial charge in [0.25, 0.3) is 0 Å². The van der Waals surface area contributed by atoms with Crippen LogP contribution in [0, 0.1) is 5.82 Å². The predicted octanol–water partition coefficient (Wildman–Crippen LogP) is 0.638. The fourth-order valence-corrected chi connectivity index (χ4v) is 3.14. The van der Waals surface area contributed by atoms with Gasteiger partial charge in [0, 0.05) is 25.3 Å². The molecule has 0 aliphatic carbocycles. The van der Waals surface area contributed by atoms with Crippen molar-refractivity contribution < 1.29 is 12.8 Å². The van der Waals surface area contributed by atoms with E-state index in [-0.39, 0.29) is 17.3 Å². The number of sulfone groups is 1. The van der Waals surface area contributed by atoms with E-state index in [1.807, 2.05) is 4.90 Å². The van der Waals surface area contributed by atoms with Gasteiger partial charge in [0.1, 0.15) is 5.82 Å². The number of hydrogen-bond acceptors (Lipinski definition) is 4. The smallest absolute Gasteiger partial charge is 0.152 e. The molecule has 94 valence electrons. The topological polar surface area (TPSA) is 63.4 Å². The van der Waals surface area contributed by atoms with Crippen molar-refractivity contribution in [2.45, 2.75) is 6.54 Å². The first-order chi connectivity index (χ1) is 7.96. The second-order valence-electron chi connectivity index (χ2n) is 4.27. The Morgan fingerprint density at radius 1 is 1.29 bits per heavy atom. The number of halogens is 1. The zero-order valence-electron chi connectivity index (χ0n) is 9.39. The maximum atomic E-state index is 13.1. The molecule has 0 unspecified atom stereocenters. The molecule has 2 N–H and O–H groups in total. The Bertz CT molecular complexity index is 502. The highest BCUT2D eigenvalue weighted by Crippen LogP contribution is 2.17. The lowest BCUT2D eigenvalue weighted by Crippen LogP contribution is -2.39. The summed E-state index contributed by atoms with van der Waals surface area (Å²) in [7, 11) is -2.87. The zero-order valence-corrected chi connectivity index (χ0v) is 10.2. The van der Waals surface area contributed by atoms with Gasteiger partial charge < -0.3 is 5.73 Å². The van der Waals surface area contributed by atoms with Crippen LogP contribution in [-0.2, 0) is 16.4 Å². The minimum Gasteiger partial charge on any atom is -0.398 e. The lowest BCUT2D eigenvalue weighted by molar-refractivity contribution is 0.288. The van der Waals surface area contributed by atoms with Crippen LogP contribution < -0.4 is 5.73 Å². The molecule has 4 nitrogen and oxygen atoms in total. The van der Waals surface area contributed by atoms with E-state index in [0.29, 0.717) is 30.9 Å². The van der Waals surface area contributed by atoms with Crippen LogP contribution in [0.1, 0.15) is 5.56 Å². The number of anilines is 1. The average molecular weight is 258 g/mol. The second-order valence-corrected chi connectivity index (χ2v) is 6.57. The third-order valence-corrected chi connectivity index (χ3v) is 4.55. The molecule has 0 aromatic heterocycles. The molecular formula is C11H15FN2O2S. The summed E-state index contributed by atoms with van der Waals surface area (Å²) in [6.45, 7) is 1.47. The van der Waals surface area contributed by atoms with Crippen LogP contribution in [0.5, 0.6) is 0 Å². The number of nitrogens with two attached hydrogens (primary N) is 1. The van der Waals surface area contributed by atoms with Crippen molar-refractivity contribution in [1.29, 1.82) is 0 Å². The SMILES string of the molecule is Nc1ccc(F)cc1CN1CCS(=O)(=O)CC1. The van der Waals surface area contributed by atoms with E-state index in [2.05, 4.69) is 0 Å². The molecular weight excluding hydrogens is 243 g/mol. The van der Waals surface area contributed by atoms with Gasteiger partial charge >= 0.3 is 0 Å². The van der Waals surface area contributed by atoms with Crippen LogP contribution in [0.2, 0.25) is 0 Å². The molecule has 1 aromatic rings. The first-order valence-corrected chi connectivity index (χ1v) is 7.25. The van der Waals surface area contributed by atoms with E-state index in [9.17, 15) is 12.8 Å². The molecule has 1 heterocycles. The summed E-state index contributed by atoms with van der Waals surface area (Å²) in [5.41, 5.74) is 7.00. The molecule has 1 aromatic carbocycles. The summed E-state index contributed by atoms with van der Waals surface area (Å²) in [5, 5.41) is 0. The minimum absolute atomic E-state index is 0.169. The van der Waals surface area contributed by atoms with Gasteiger partial charge in [-0.2, -0.15) is 0 Å². The monoisotopic (exact) mass is 258 g/mol. The first kappa shape index (κ1) is 12.3. The molecule has 1 aliphatic rings. The van der Waals surface area contributed by atoms with Crippen LogP contribution in [0.25, 0.3) is 0 Å². The summed E-state index contributed by atoms with van der Waals surface area (Å²) in [6, 6.07) is 4.25. The van der Waals surface area contributed by atoms with Gasteiger partial charge in [-0.1, -0.05) is 0 Å².